The van der Waals surface area contributed by atoms with Crippen molar-refractivity contribution in [3.63, 3.8) is 0 Å². The minimum absolute atomic E-state index is 0.0119. The number of amides is 2. The number of nitrogens with one attached hydrogen (secondary N) is 2. The van der Waals surface area contributed by atoms with Gasteiger partial charge in [0, 0.05) is 6.04 Å². The summed E-state index contributed by atoms with van der Waals surface area (Å²) in [4.78, 5) is 11.0. The van der Waals surface area contributed by atoms with E-state index < -0.39 is 0 Å². The first-order chi connectivity index (χ1) is 5.60. The predicted molar refractivity (Wildman–Crippen MR) is 48.0 cm³/mol. The van der Waals surface area contributed by atoms with Crippen LogP contribution in [0.1, 0.15) is 27.2 Å². The molecule has 0 aliphatic heterocycles. The Labute approximate surface area is 73.3 Å². The summed E-state index contributed by atoms with van der Waals surface area (Å²) < 4.78 is 0. The molecule has 0 aromatic rings. The number of hydrogen-bond acceptors (Lipinski definition) is 2. The predicted octanol–water partition coefficient (Wildman–Crippen LogP) is 0.465. The number of urea groups is 1. The molecule has 0 aromatic carbocycles. The first-order valence-corrected chi connectivity index (χ1v) is 4.28. The van der Waals surface area contributed by atoms with Crippen molar-refractivity contribution in [3.8, 4) is 0 Å². The second-order valence-corrected chi connectivity index (χ2v) is 3.06. The van der Waals surface area contributed by atoms with Crippen molar-refractivity contribution in [2.75, 3.05) is 6.61 Å². The van der Waals surface area contributed by atoms with E-state index in [1.165, 1.54) is 0 Å². The molecular weight excluding hydrogens is 156 g/mol. The van der Waals surface area contributed by atoms with Gasteiger partial charge in [-0.3, -0.25) is 0 Å². The Morgan fingerprint density at radius 2 is 2.00 bits per heavy atom. The summed E-state index contributed by atoms with van der Waals surface area (Å²) in [6, 6.07) is -0.226. The molecule has 0 bridgehead atoms. The van der Waals surface area contributed by atoms with Gasteiger partial charge in [-0.25, -0.2) is 4.79 Å². The van der Waals surface area contributed by atoms with Crippen LogP contribution in [0.5, 0.6) is 0 Å². The molecule has 4 heteroatoms. The summed E-state index contributed by atoms with van der Waals surface area (Å²) in [5.74, 6) is 0. The maximum absolute atomic E-state index is 11.0. The highest BCUT2D eigenvalue weighted by Crippen LogP contribution is 1.88. The molecule has 0 saturated heterocycles. The van der Waals surface area contributed by atoms with Crippen LogP contribution in [0.4, 0.5) is 4.79 Å². The van der Waals surface area contributed by atoms with Gasteiger partial charge in [0.1, 0.15) is 0 Å². The van der Waals surface area contributed by atoms with Gasteiger partial charge in [-0.15, -0.1) is 0 Å². The monoisotopic (exact) mass is 174 g/mol. The molecule has 0 rings (SSSR count). The van der Waals surface area contributed by atoms with Crippen LogP contribution >= 0.6 is 0 Å². The lowest BCUT2D eigenvalue weighted by molar-refractivity contribution is 0.213. The smallest absolute Gasteiger partial charge is 0.315 e. The molecule has 1 atom stereocenters. The van der Waals surface area contributed by atoms with Crippen LogP contribution in [0.25, 0.3) is 0 Å². The molecule has 0 saturated carbocycles. The number of aliphatic hydroxyl groups is 1. The molecule has 0 heterocycles. The normalized spacial score (nSPS) is 12.8. The molecule has 4 nitrogen and oxygen atoms in total. The van der Waals surface area contributed by atoms with Crippen molar-refractivity contribution < 1.29 is 9.90 Å². The molecule has 2 amide bonds. The van der Waals surface area contributed by atoms with Gasteiger partial charge < -0.3 is 15.7 Å². The molecule has 0 aromatic heterocycles. The molecule has 0 fully saturated rings. The Kier molecular flexibility index (Phi) is 5.45. The van der Waals surface area contributed by atoms with E-state index in [2.05, 4.69) is 10.6 Å². The third-order valence-corrected chi connectivity index (χ3v) is 1.47. The molecule has 12 heavy (non-hydrogen) atoms. The van der Waals surface area contributed by atoms with E-state index >= 15 is 0 Å². The lowest BCUT2D eigenvalue weighted by atomic mass is 10.2. The lowest BCUT2D eigenvalue weighted by Gasteiger charge is -2.16. The summed E-state index contributed by atoms with van der Waals surface area (Å²) in [6.07, 6.45) is 0.738. The Morgan fingerprint density at radius 1 is 1.42 bits per heavy atom. The summed E-state index contributed by atoms with van der Waals surface area (Å²) >= 11 is 0. The van der Waals surface area contributed by atoms with E-state index in [1.54, 1.807) is 0 Å². The largest absolute Gasteiger partial charge is 0.394 e. The lowest BCUT2D eigenvalue weighted by Crippen LogP contribution is -2.45. The van der Waals surface area contributed by atoms with Gasteiger partial charge in [-0.2, -0.15) is 0 Å². The second kappa shape index (κ2) is 5.83. The summed E-state index contributed by atoms with van der Waals surface area (Å²) in [5.41, 5.74) is 0. The first kappa shape index (κ1) is 11.2. The zero-order valence-electron chi connectivity index (χ0n) is 7.92. The number of aliphatic hydroxyl groups excluding tert-OH is 1. The topological polar surface area (TPSA) is 61.4 Å². The zero-order valence-corrected chi connectivity index (χ0v) is 7.92. The van der Waals surface area contributed by atoms with Crippen molar-refractivity contribution in [1.82, 2.24) is 10.6 Å². The summed E-state index contributed by atoms with van der Waals surface area (Å²) in [5, 5.41) is 14.1. The molecule has 0 spiro atoms. The Balaban J connectivity index is 3.66. The van der Waals surface area contributed by atoms with Gasteiger partial charge >= 0.3 is 6.03 Å². The van der Waals surface area contributed by atoms with Crippen molar-refractivity contribution in [1.29, 1.82) is 0 Å². The van der Waals surface area contributed by atoms with Gasteiger partial charge in [-0.05, 0) is 20.3 Å². The molecular formula is C8H18N2O2. The van der Waals surface area contributed by atoms with Crippen molar-refractivity contribution in [2.24, 2.45) is 0 Å². The second-order valence-electron chi connectivity index (χ2n) is 3.06. The molecule has 0 aliphatic rings. The first-order valence-electron chi connectivity index (χ1n) is 4.28. The van der Waals surface area contributed by atoms with Gasteiger partial charge in [0.15, 0.2) is 0 Å². The molecule has 0 radical (unpaired) electrons. The van der Waals surface area contributed by atoms with Crippen LogP contribution in [0, 0.1) is 0 Å². The average molecular weight is 174 g/mol. The maximum Gasteiger partial charge on any atom is 0.315 e. The van der Waals surface area contributed by atoms with Gasteiger partial charge in [0.25, 0.3) is 0 Å². The van der Waals surface area contributed by atoms with E-state index in [1.807, 2.05) is 20.8 Å². The highest BCUT2D eigenvalue weighted by Gasteiger charge is 2.08. The Hall–Kier alpha value is -0.770. The van der Waals surface area contributed by atoms with Crippen LogP contribution < -0.4 is 10.6 Å². The summed E-state index contributed by atoms with van der Waals surface area (Å²) in [7, 11) is 0. The van der Waals surface area contributed by atoms with Crippen LogP contribution in [-0.2, 0) is 0 Å². The fourth-order valence-corrected chi connectivity index (χ4v) is 0.766. The molecule has 1 unspecified atom stereocenters. The number of carbonyl (C=O) groups excluding carboxylic acids is 1. The third-order valence-electron chi connectivity index (χ3n) is 1.47. The molecule has 3 N–H and O–H groups in total. The number of carbonyl (C=O) groups is 1. The van der Waals surface area contributed by atoms with Crippen molar-refractivity contribution >= 4 is 6.03 Å². The maximum atomic E-state index is 11.0. The van der Waals surface area contributed by atoms with Crippen LogP contribution in [0.3, 0.4) is 0 Å². The van der Waals surface area contributed by atoms with Gasteiger partial charge in [-0.1, -0.05) is 6.92 Å². The van der Waals surface area contributed by atoms with Crippen molar-refractivity contribution in [2.45, 2.75) is 39.3 Å². The van der Waals surface area contributed by atoms with Gasteiger partial charge in [0.05, 0.1) is 12.6 Å². The van der Waals surface area contributed by atoms with E-state index in [-0.39, 0.29) is 24.7 Å². The quantitative estimate of drug-likeness (QED) is 0.580. The van der Waals surface area contributed by atoms with Crippen LogP contribution in [0.2, 0.25) is 0 Å². The third kappa shape index (κ3) is 4.96. The van der Waals surface area contributed by atoms with Crippen molar-refractivity contribution in [3.05, 3.63) is 0 Å². The molecule has 0 aliphatic carbocycles. The standard InChI is InChI=1S/C8H18N2O2/c1-4-7(5-11)10-8(12)9-6(2)3/h6-7,11H,4-5H2,1-3H3,(H2,9,10,12). The molecule has 72 valence electrons. The highest BCUT2D eigenvalue weighted by atomic mass is 16.3. The SMILES string of the molecule is CCC(CO)NC(=O)NC(C)C. The number of hydrogen-bond donors (Lipinski definition) is 3. The highest BCUT2D eigenvalue weighted by molar-refractivity contribution is 5.74. The fraction of sp³-hybridized carbons (Fsp3) is 0.875. The minimum atomic E-state index is -0.217. The van der Waals surface area contributed by atoms with Crippen LogP contribution in [-0.4, -0.2) is 29.8 Å². The minimum Gasteiger partial charge on any atom is -0.394 e. The zero-order chi connectivity index (χ0) is 9.56. The fourth-order valence-electron chi connectivity index (χ4n) is 0.766. The Morgan fingerprint density at radius 3 is 2.33 bits per heavy atom. The Bertz CT molecular complexity index is 133. The van der Waals surface area contributed by atoms with E-state index in [0.717, 1.165) is 6.42 Å². The summed E-state index contributed by atoms with van der Waals surface area (Å²) in [6.45, 7) is 5.68. The van der Waals surface area contributed by atoms with Crippen LogP contribution in [0.15, 0.2) is 0 Å². The van der Waals surface area contributed by atoms with E-state index in [4.69, 9.17) is 5.11 Å². The number of rotatable bonds is 4. The average Bonchev–Trinajstić information content (AvgIpc) is 1.98. The van der Waals surface area contributed by atoms with E-state index in [9.17, 15) is 4.79 Å². The van der Waals surface area contributed by atoms with E-state index in [0.29, 0.717) is 0 Å². The van der Waals surface area contributed by atoms with Gasteiger partial charge in [0.2, 0.25) is 0 Å².